The van der Waals surface area contributed by atoms with E-state index in [-0.39, 0.29) is 24.9 Å². The Bertz CT molecular complexity index is 243. The summed E-state index contributed by atoms with van der Waals surface area (Å²) >= 11 is 1.64. The van der Waals surface area contributed by atoms with E-state index in [0.29, 0.717) is 0 Å². The summed E-state index contributed by atoms with van der Waals surface area (Å²) in [6, 6.07) is -0.197. The fraction of sp³-hybridized carbons (Fsp3) is 0.750. The van der Waals surface area contributed by atoms with Crippen molar-refractivity contribution in [3.8, 4) is 0 Å². The maximum Gasteiger partial charge on any atom is 0.332 e. The molecule has 0 aliphatic carbocycles. The fourth-order valence-electron chi connectivity index (χ4n) is 1.14. The van der Waals surface area contributed by atoms with Crippen LogP contribution in [0, 0.1) is 0 Å². The fourth-order valence-corrected chi connectivity index (χ4v) is 2.08. The number of carboxylic acids is 1. The van der Waals surface area contributed by atoms with Gasteiger partial charge in [-0.05, 0) is 0 Å². The highest BCUT2D eigenvalue weighted by Gasteiger charge is 2.22. The van der Waals surface area contributed by atoms with E-state index in [9.17, 15) is 9.59 Å². The van der Waals surface area contributed by atoms with Crippen LogP contribution in [0.1, 0.15) is 6.42 Å². The summed E-state index contributed by atoms with van der Waals surface area (Å²) in [4.78, 5) is 21.6. The first kappa shape index (κ1) is 12.3. The molecule has 0 saturated carbocycles. The number of aliphatic carboxylic acids is 1. The average molecular weight is 234 g/mol. The number of rotatable bonds is 5. The molecular formula is C8H14N2O4S. The molecular weight excluding hydrogens is 220 g/mol. The molecule has 86 valence electrons. The Morgan fingerprint density at radius 2 is 2.33 bits per heavy atom. The van der Waals surface area contributed by atoms with E-state index < -0.39 is 12.1 Å². The molecule has 1 fully saturated rings. The van der Waals surface area contributed by atoms with Gasteiger partial charge in [-0.2, -0.15) is 0 Å². The van der Waals surface area contributed by atoms with Gasteiger partial charge < -0.3 is 15.5 Å². The van der Waals surface area contributed by atoms with E-state index in [4.69, 9.17) is 10.2 Å². The third-order valence-corrected chi connectivity index (χ3v) is 2.97. The van der Waals surface area contributed by atoms with Crippen LogP contribution in [0.25, 0.3) is 0 Å². The van der Waals surface area contributed by atoms with Crippen LogP contribution < -0.4 is 10.6 Å². The van der Waals surface area contributed by atoms with Crippen molar-refractivity contribution in [3.05, 3.63) is 0 Å². The SMILES string of the molecule is O=C(NCC[C@H](O)C(=O)O)C1CSCN1. The van der Waals surface area contributed by atoms with Gasteiger partial charge in [0.05, 0.1) is 6.04 Å². The zero-order valence-corrected chi connectivity index (χ0v) is 8.92. The van der Waals surface area contributed by atoms with Crippen molar-refractivity contribution in [2.24, 2.45) is 0 Å². The molecule has 2 atom stereocenters. The Morgan fingerprint density at radius 1 is 1.60 bits per heavy atom. The third kappa shape index (κ3) is 4.06. The summed E-state index contributed by atoms with van der Waals surface area (Å²) in [7, 11) is 0. The van der Waals surface area contributed by atoms with Crippen molar-refractivity contribution in [2.45, 2.75) is 18.6 Å². The Balaban J connectivity index is 2.14. The molecule has 1 rings (SSSR count). The van der Waals surface area contributed by atoms with E-state index >= 15 is 0 Å². The van der Waals surface area contributed by atoms with Gasteiger partial charge in [-0.25, -0.2) is 4.79 Å². The Hall–Kier alpha value is -0.790. The molecule has 0 radical (unpaired) electrons. The summed E-state index contributed by atoms with van der Waals surface area (Å²) in [5.41, 5.74) is 0. The lowest BCUT2D eigenvalue weighted by atomic mass is 10.2. The number of amides is 1. The molecule has 1 amide bonds. The van der Waals surface area contributed by atoms with Gasteiger partial charge in [-0.3, -0.25) is 10.1 Å². The zero-order valence-electron chi connectivity index (χ0n) is 8.10. The number of carboxylic acid groups (broad SMARTS) is 1. The second-order valence-electron chi connectivity index (χ2n) is 3.21. The number of nitrogens with one attached hydrogen (secondary N) is 2. The molecule has 0 bridgehead atoms. The highest BCUT2D eigenvalue weighted by Crippen LogP contribution is 2.09. The molecule has 6 nitrogen and oxygen atoms in total. The van der Waals surface area contributed by atoms with Crippen LogP contribution in [0.4, 0.5) is 0 Å². The number of thioether (sulfide) groups is 1. The highest BCUT2D eigenvalue weighted by atomic mass is 32.2. The van der Waals surface area contributed by atoms with Crippen LogP contribution in [0.2, 0.25) is 0 Å². The van der Waals surface area contributed by atoms with E-state index in [2.05, 4.69) is 10.6 Å². The van der Waals surface area contributed by atoms with Gasteiger partial charge in [0.2, 0.25) is 5.91 Å². The van der Waals surface area contributed by atoms with Crippen LogP contribution in [-0.4, -0.2) is 52.4 Å². The second-order valence-corrected chi connectivity index (χ2v) is 4.24. The topological polar surface area (TPSA) is 98.7 Å². The standard InChI is InChI=1S/C8H14N2O4S/c11-6(8(13)14)1-2-9-7(12)5-3-15-4-10-5/h5-6,10-11H,1-4H2,(H,9,12)(H,13,14)/t5?,6-/m0/s1. The van der Waals surface area contributed by atoms with Crippen LogP contribution in [0.3, 0.4) is 0 Å². The summed E-state index contributed by atoms with van der Waals surface area (Å²) in [6.07, 6.45) is -1.38. The van der Waals surface area contributed by atoms with Gasteiger partial charge in [-0.15, -0.1) is 11.8 Å². The van der Waals surface area contributed by atoms with Crippen molar-refractivity contribution < 1.29 is 19.8 Å². The molecule has 4 N–H and O–H groups in total. The Labute approximate surface area is 91.4 Å². The average Bonchev–Trinajstić information content (AvgIpc) is 2.70. The molecule has 15 heavy (non-hydrogen) atoms. The molecule has 1 aliphatic heterocycles. The number of aliphatic hydroxyl groups is 1. The molecule has 1 heterocycles. The predicted molar refractivity (Wildman–Crippen MR) is 55.5 cm³/mol. The lowest BCUT2D eigenvalue weighted by Gasteiger charge is -2.11. The minimum atomic E-state index is -1.41. The maximum atomic E-state index is 11.4. The predicted octanol–water partition coefficient (Wildman–Crippen LogP) is -1.40. The molecule has 0 aromatic carbocycles. The molecule has 7 heteroatoms. The smallest absolute Gasteiger partial charge is 0.332 e. The van der Waals surface area contributed by atoms with Crippen molar-refractivity contribution in [3.63, 3.8) is 0 Å². The first-order valence-corrected chi connectivity index (χ1v) is 5.76. The minimum absolute atomic E-state index is 0.0287. The van der Waals surface area contributed by atoms with Gasteiger partial charge in [0.25, 0.3) is 0 Å². The second kappa shape index (κ2) is 5.94. The highest BCUT2D eigenvalue weighted by molar-refractivity contribution is 7.99. The zero-order chi connectivity index (χ0) is 11.3. The molecule has 1 unspecified atom stereocenters. The number of hydrogen-bond donors (Lipinski definition) is 4. The van der Waals surface area contributed by atoms with E-state index in [0.717, 1.165) is 11.6 Å². The summed E-state index contributed by atoms with van der Waals surface area (Å²) < 4.78 is 0. The number of carbonyl (C=O) groups excluding carboxylic acids is 1. The first-order chi connectivity index (χ1) is 7.11. The van der Waals surface area contributed by atoms with Crippen LogP contribution in [0.5, 0.6) is 0 Å². The normalized spacial score (nSPS) is 22.3. The lowest BCUT2D eigenvalue weighted by Crippen LogP contribution is -2.43. The molecule has 0 aromatic rings. The molecule has 0 aromatic heterocycles. The largest absolute Gasteiger partial charge is 0.479 e. The third-order valence-electron chi connectivity index (χ3n) is 2.03. The van der Waals surface area contributed by atoms with Crippen LogP contribution in [-0.2, 0) is 9.59 Å². The maximum absolute atomic E-state index is 11.4. The van der Waals surface area contributed by atoms with Crippen LogP contribution in [0.15, 0.2) is 0 Å². The van der Waals surface area contributed by atoms with Crippen LogP contribution >= 0.6 is 11.8 Å². The van der Waals surface area contributed by atoms with Crippen molar-refractivity contribution in [1.29, 1.82) is 0 Å². The van der Waals surface area contributed by atoms with Crippen molar-refractivity contribution in [2.75, 3.05) is 18.2 Å². The summed E-state index contributed by atoms with van der Waals surface area (Å²) in [5.74, 6) is 0.0831. The lowest BCUT2D eigenvalue weighted by molar-refractivity contribution is -0.147. The van der Waals surface area contributed by atoms with Gasteiger partial charge in [0.1, 0.15) is 0 Å². The minimum Gasteiger partial charge on any atom is -0.479 e. The van der Waals surface area contributed by atoms with E-state index in [1.807, 2.05) is 0 Å². The van der Waals surface area contributed by atoms with Gasteiger partial charge in [0, 0.05) is 24.6 Å². The number of aliphatic hydroxyl groups excluding tert-OH is 1. The van der Waals surface area contributed by atoms with E-state index in [1.54, 1.807) is 11.8 Å². The summed E-state index contributed by atoms with van der Waals surface area (Å²) in [5, 5.41) is 22.9. The molecule has 0 spiro atoms. The number of hydrogen-bond acceptors (Lipinski definition) is 5. The number of carbonyl (C=O) groups is 2. The van der Waals surface area contributed by atoms with Gasteiger partial charge in [0.15, 0.2) is 6.10 Å². The molecule has 1 saturated heterocycles. The Kier molecular flexibility index (Phi) is 4.86. The van der Waals surface area contributed by atoms with Gasteiger partial charge in [-0.1, -0.05) is 0 Å². The Morgan fingerprint density at radius 3 is 2.87 bits per heavy atom. The van der Waals surface area contributed by atoms with Gasteiger partial charge >= 0.3 is 5.97 Å². The quantitative estimate of drug-likeness (QED) is 0.467. The van der Waals surface area contributed by atoms with E-state index in [1.165, 1.54) is 0 Å². The first-order valence-electron chi connectivity index (χ1n) is 4.61. The van der Waals surface area contributed by atoms with Crippen molar-refractivity contribution in [1.82, 2.24) is 10.6 Å². The molecule has 1 aliphatic rings. The summed E-state index contributed by atoms with van der Waals surface area (Å²) in [6.45, 7) is 0.176. The van der Waals surface area contributed by atoms with Crippen molar-refractivity contribution >= 4 is 23.6 Å². The monoisotopic (exact) mass is 234 g/mol.